The Balaban J connectivity index is 1.59. The number of nitrogens with zero attached hydrogens (tertiary/aromatic N) is 2. The Kier molecular flexibility index (Phi) is 5.51. The van der Waals surface area contributed by atoms with E-state index in [9.17, 15) is 9.59 Å². The molecule has 6 heteroatoms. The molecule has 1 aromatic carbocycles. The number of rotatable bonds is 6. The van der Waals surface area contributed by atoms with Crippen LogP contribution in [0.1, 0.15) is 38.7 Å². The number of hydrogen-bond acceptors (Lipinski definition) is 4. The molecule has 2 heterocycles. The molecule has 6 nitrogen and oxygen atoms in total. The summed E-state index contributed by atoms with van der Waals surface area (Å²) in [6, 6.07) is 7.55. The fraction of sp³-hybridized carbons (Fsp3) is 0.600. The van der Waals surface area contributed by atoms with Gasteiger partial charge in [-0.25, -0.2) is 9.69 Å². The predicted molar refractivity (Wildman–Crippen MR) is 99.9 cm³/mol. The molecule has 2 fully saturated rings. The number of amides is 3. The Labute approximate surface area is 155 Å². The average Bonchev–Trinajstić information content (AvgIpc) is 2.86. The van der Waals surface area contributed by atoms with Gasteiger partial charge in [-0.1, -0.05) is 19.1 Å². The Morgan fingerprint density at radius 3 is 2.46 bits per heavy atom. The fourth-order valence-corrected chi connectivity index (χ4v) is 3.63. The van der Waals surface area contributed by atoms with Crippen LogP contribution in [-0.2, 0) is 11.2 Å². The second-order valence-electron chi connectivity index (χ2n) is 7.79. The van der Waals surface area contributed by atoms with Crippen LogP contribution in [0.3, 0.4) is 0 Å². The van der Waals surface area contributed by atoms with Crippen LogP contribution in [0.5, 0.6) is 5.75 Å². The van der Waals surface area contributed by atoms with Crippen molar-refractivity contribution in [3.8, 4) is 5.75 Å². The maximum Gasteiger partial charge on any atom is 0.326 e. The lowest BCUT2D eigenvalue weighted by molar-refractivity contribution is -0.132. The van der Waals surface area contributed by atoms with E-state index in [4.69, 9.17) is 4.74 Å². The first-order chi connectivity index (χ1) is 12.4. The van der Waals surface area contributed by atoms with Gasteiger partial charge in [0.05, 0.1) is 13.8 Å². The van der Waals surface area contributed by atoms with Gasteiger partial charge in [0.1, 0.15) is 11.3 Å². The number of nitrogens with one attached hydrogen (secondary N) is 1. The van der Waals surface area contributed by atoms with Crippen molar-refractivity contribution in [1.29, 1.82) is 0 Å². The monoisotopic (exact) mass is 359 g/mol. The molecule has 0 bridgehead atoms. The zero-order valence-corrected chi connectivity index (χ0v) is 16.0. The minimum atomic E-state index is -0.833. The van der Waals surface area contributed by atoms with Crippen molar-refractivity contribution in [2.75, 3.05) is 26.9 Å². The molecule has 3 amide bonds. The van der Waals surface area contributed by atoms with Crippen molar-refractivity contribution in [3.05, 3.63) is 29.8 Å². The third-order valence-corrected chi connectivity index (χ3v) is 5.64. The van der Waals surface area contributed by atoms with Crippen molar-refractivity contribution in [3.63, 3.8) is 0 Å². The first-order valence-electron chi connectivity index (χ1n) is 9.41. The molecule has 0 saturated carbocycles. The van der Waals surface area contributed by atoms with Gasteiger partial charge in [-0.15, -0.1) is 0 Å². The number of carbonyl (C=O) groups excluding carboxylic acids is 2. The number of urea groups is 1. The van der Waals surface area contributed by atoms with Crippen LogP contribution in [0.15, 0.2) is 24.3 Å². The summed E-state index contributed by atoms with van der Waals surface area (Å²) >= 11 is 0. The van der Waals surface area contributed by atoms with Gasteiger partial charge in [-0.2, -0.15) is 0 Å². The van der Waals surface area contributed by atoms with Gasteiger partial charge >= 0.3 is 6.03 Å². The van der Waals surface area contributed by atoms with Crippen LogP contribution < -0.4 is 10.1 Å². The number of likely N-dealkylation sites (tertiary alicyclic amines) is 1. The maximum atomic E-state index is 12.9. The molecular weight excluding hydrogens is 330 g/mol. The zero-order chi connectivity index (χ0) is 18.7. The molecule has 142 valence electrons. The summed E-state index contributed by atoms with van der Waals surface area (Å²) in [6.45, 7) is 6.37. The van der Waals surface area contributed by atoms with Gasteiger partial charge in [-0.05, 0) is 56.2 Å². The highest BCUT2D eigenvalue weighted by Gasteiger charge is 2.47. The minimum Gasteiger partial charge on any atom is -0.497 e. The molecule has 3 rings (SSSR count). The molecule has 1 aromatic rings. The number of imide groups is 1. The average molecular weight is 359 g/mol. The van der Waals surface area contributed by atoms with Crippen molar-refractivity contribution in [1.82, 2.24) is 15.1 Å². The largest absolute Gasteiger partial charge is 0.497 e. The summed E-state index contributed by atoms with van der Waals surface area (Å²) in [5.41, 5.74) is 0.289. The van der Waals surface area contributed by atoms with E-state index in [0.717, 1.165) is 49.6 Å². The molecule has 26 heavy (non-hydrogen) atoms. The van der Waals surface area contributed by atoms with Crippen molar-refractivity contribution in [2.24, 2.45) is 5.92 Å². The number of piperidine rings is 1. The topological polar surface area (TPSA) is 61.9 Å². The lowest BCUT2D eigenvalue weighted by Gasteiger charge is -2.32. The molecule has 2 aliphatic heterocycles. The highest BCUT2D eigenvalue weighted by molar-refractivity contribution is 6.06. The van der Waals surface area contributed by atoms with Crippen molar-refractivity contribution in [2.45, 2.75) is 45.1 Å². The van der Waals surface area contributed by atoms with E-state index in [0.29, 0.717) is 13.1 Å². The van der Waals surface area contributed by atoms with Gasteiger partial charge < -0.3 is 10.1 Å². The Morgan fingerprint density at radius 2 is 1.85 bits per heavy atom. The molecule has 1 unspecified atom stereocenters. The van der Waals surface area contributed by atoms with E-state index in [1.807, 2.05) is 31.2 Å². The van der Waals surface area contributed by atoms with E-state index >= 15 is 0 Å². The van der Waals surface area contributed by atoms with Crippen LogP contribution in [-0.4, -0.2) is 54.1 Å². The normalized spacial score (nSPS) is 24.8. The number of aryl methyl sites for hydroxylation is 1. The first-order valence-corrected chi connectivity index (χ1v) is 9.41. The highest BCUT2D eigenvalue weighted by atomic mass is 16.5. The summed E-state index contributed by atoms with van der Waals surface area (Å²) in [6.07, 6.45) is 3.55. The molecule has 1 N–H and O–H groups in total. The van der Waals surface area contributed by atoms with Gasteiger partial charge in [0.15, 0.2) is 0 Å². The van der Waals surface area contributed by atoms with E-state index in [2.05, 4.69) is 17.1 Å². The molecule has 0 aliphatic carbocycles. The molecule has 2 aliphatic rings. The number of hydrogen-bond donors (Lipinski definition) is 1. The Morgan fingerprint density at radius 1 is 1.19 bits per heavy atom. The quantitative estimate of drug-likeness (QED) is 0.793. The molecular formula is C20H29N3O3. The zero-order valence-electron chi connectivity index (χ0n) is 16.0. The predicted octanol–water partition coefficient (Wildman–Crippen LogP) is 2.63. The van der Waals surface area contributed by atoms with Crippen LogP contribution in [0, 0.1) is 5.92 Å². The van der Waals surface area contributed by atoms with Crippen LogP contribution in [0.2, 0.25) is 0 Å². The van der Waals surface area contributed by atoms with E-state index in [1.165, 1.54) is 4.90 Å². The highest BCUT2D eigenvalue weighted by Crippen LogP contribution is 2.25. The third kappa shape index (κ3) is 4.01. The number of benzene rings is 1. The summed E-state index contributed by atoms with van der Waals surface area (Å²) in [7, 11) is 1.64. The van der Waals surface area contributed by atoms with Crippen molar-refractivity contribution >= 4 is 11.9 Å². The third-order valence-electron chi connectivity index (χ3n) is 5.64. The van der Waals surface area contributed by atoms with Crippen molar-refractivity contribution < 1.29 is 14.3 Å². The summed E-state index contributed by atoms with van der Waals surface area (Å²) in [5, 5.41) is 2.91. The molecule has 0 spiro atoms. The van der Waals surface area contributed by atoms with Gasteiger partial charge in [0, 0.05) is 13.1 Å². The molecule has 2 saturated heterocycles. The number of carbonyl (C=O) groups is 2. The van der Waals surface area contributed by atoms with Gasteiger partial charge in [0.25, 0.3) is 5.91 Å². The van der Waals surface area contributed by atoms with Crippen LogP contribution in [0.25, 0.3) is 0 Å². The van der Waals surface area contributed by atoms with Crippen LogP contribution >= 0.6 is 0 Å². The lowest BCUT2D eigenvalue weighted by Crippen LogP contribution is -2.47. The fourth-order valence-electron chi connectivity index (χ4n) is 3.63. The van der Waals surface area contributed by atoms with E-state index in [1.54, 1.807) is 7.11 Å². The summed E-state index contributed by atoms with van der Waals surface area (Å²) < 4.78 is 5.17. The molecule has 1 atom stereocenters. The molecule has 0 radical (unpaired) electrons. The van der Waals surface area contributed by atoms with E-state index in [-0.39, 0.29) is 11.9 Å². The minimum absolute atomic E-state index is 0.116. The van der Waals surface area contributed by atoms with E-state index < -0.39 is 5.54 Å². The lowest BCUT2D eigenvalue weighted by atomic mass is 9.93. The van der Waals surface area contributed by atoms with Crippen LogP contribution in [0.4, 0.5) is 4.79 Å². The second kappa shape index (κ2) is 7.66. The summed E-state index contributed by atoms with van der Waals surface area (Å²) in [5.74, 6) is 1.42. The number of methoxy groups -OCH3 is 1. The second-order valence-corrected chi connectivity index (χ2v) is 7.79. The Hall–Kier alpha value is -2.08. The Bertz CT molecular complexity index is 653. The molecule has 0 aromatic heterocycles. The summed E-state index contributed by atoms with van der Waals surface area (Å²) in [4.78, 5) is 28.9. The number of ether oxygens (including phenoxy) is 1. The SMILES string of the molecule is COc1ccc(CCC2(C)NC(=O)N(CN3CCC(C)CC3)C2=O)cc1. The standard InChI is InChI=1S/C20H29N3O3/c1-15-9-12-22(13-10-15)14-23-18(24)20(2,21-19(23)25)11-8-16-4-6-17(26-3)7-5-16/h4-7,15H,8-14H2,1-3H3,(H,21,25). The maximum absolute atomic E-state index is 12.9. The van der Waals surface area contributed by atoms with Gasteiger partial charge in [-0.3, -0.25) is 9.69 Å². The van der Waals surface area contributed by atoms with Gasteiger partial charge in [0.2, 0.25) is 0 Å². The smallest absolute Gasteiger partial charge is 0.326 e. The first kappa shape index (κ1) is 18.7.